The van der Waals surface area contributed by atoms with Crippen molar-refractivity contribution in [1.29, 1.82) is 0 Å². The predicted molar refractivity (Wildman–Crippen MR) is 41.1 cm³/mol. The van der Waals surface area contributed by atoms with Crippen LogP contribution in [0.4, 0.5) is 0 Å². The Kier molecular flexibility index (Phi) is 1.31. The largest absolute Gasteiger partial charge is 0.481 e. The molecule has 1 fully saturated rings. The van der Waals surface area contributed by atoms with E-state index in [1.54, 1.807) is 0 Å². The maximum absolute atomic E-state index is 10.7. The minimum absolute atomic E-state index is 0.0787. The van der Waals surface area contributed by atoms with E-state index in [4.69, 9.17) is 5.11 Å². The van der Waals surface area contributed by atoms with Crippen LogP contribution < -0.4 is 0 Å². The molecule has 0 saturated heterocycles. The molecule has 0 aromatic rings. The summed E-state index contributed by atoms with van der Waals surface area (Å²) in [6, 6.07) is 0. The van der Waals surface area contributed by atoms with Crippen molar-refractivity contribution < 1.29 is 9.90 Å². The third-order valence-electron chi connectivity index (χ3n) is 3.00. The molecule has 0 amide bonds. The molecule has 0 spiro atoms. The maximum Gasteiger partial charge on any atom is 0.307 e. The normalized spacial score (nSPS) is 40.8. The number of carboxylic acids is 1. The van der Waals surface area contributed by atoms with E-state index in [9.17, 15) is 4.79 Å². The monoisotopic (exact) mass is 152 g/mol. The van der Waals surface area contributed by atoms with E-state index in [2.05, 4.69) is 13.0 Å². The third kappa shape index (κ3) is 0.889. The molecule has 2 heteroatoms. The molecule has 11 heavy (non-hydrogen) atoms. The van der Waals surface area contributed by atoms with E-state index in [0.717, 1.165) is 12.8 Å². The molecule has 2 bridgehead atoms. The van der Waals surface area contributed by atoms with Crippen LogP contribution in [0.5, 0.6) is 0 Å². The van der Waals surface area contributed by atoms with Gasteiger partial charge < -0.3 is 5.11 Å². The van der Waals surface area contributed by atoms with Crippen LogP contribution >= 0.6 is 0 Å². The van der Waals surface area contributed by atoms with Gasteiger partial charge in [0.05, 0.1) is 5.92 Å². The van der Waals surface area contributed by atoms with Crippen LogP contribution in [0.1, 0.15) is 19.8 Å². The summed E-state index contributed by atoms with van der Waals surface area (Å²) in [6.45, 7) is 2.06. The molecule has 1 saturated carbocycles. The van der Waals surface area contributed by atoms with Gasteiger partial charge >= 0.3 is 5.97 Å². The highest BCUT2D eigenvalue weighted by Crippen LogP contribution is 2.47. The van der Waals surface area contributed by atoms with Gasteiger partial charge in [0.25, 0.3) is 0 Å². The van der Waals surface area contributed by atoms with Gasteiger partial charge in [0.2, 0.25) is 0 Å². The standard InChI is InChI=1S/C9H12O2/c1-5-2-6-3-7(5)8(4-6)9(10)11/h2,6-8H,3-4H2,1H3,(H,10,11)/t6-,7-,8+/m1/s1. The fraction of sp³-hybridized carbons (Fsp3) is 0.667. The van der Waals surface area contributed by atoms with Crippen molar-refractivity contribution in [1.82, 2.24) is 0 Å². The van der Waals surface area contributed by atoms with Gasteiger partial charge in [0.15, 0.2) is 0 Å². The summed E-state index contributed by atoms with van der Waals surface area (Å²) >= 11 is 0. The summed E-state index contributed by atoms with van der Waals surface area (Å²) < 4.78 is 0. The summed E-state index contributed by atoms with van der Waals surface area (Å²) in [5.41, 5.74) is 1.30. The predicted octanol–water partition coefficient (Wildman–Crippen LogP) is 1.67. The number of hydrogen-bond acceptors (Lipinski definition) is 1. The molecule has 3 atom stereocenters. The molecule has 1 N–H and O–H groups in total. The van der Waals surface area contributed by atoms with Gasteiger partial charge in [-0.3, -0.25) is 4.79 Å². The molecule has 60 valence electrons. The molecule has 0 aliphatic heterocycles. The van der Waals surface area contributed by atoms with Crippen molar-refractivity contribution in [2.45, 2.75) is 19.8 Å². The molecule has 2 aliphatic carbocycles. The molecule has 2 aliphatic rings. The fourth-order valence-corrected chi connectivity index (χ4v) is 2.48. The first-order valence-electron chi connectivity index (χ1n) is 4.09. The fourth-order valence-electron chi connectivity index (χ4n) is 2.48. The van der Waals surface area contributed by atoms with Crippen LogP contribution in [0.15, 0.2) is 11.6 Å². The Balaban J connectivity index is 2.21. The third-order valence-corrected chi connectivity index (χ3v) is 3.00. The van der Waals surface area contributed by atoms with E-state index in [0.29, 0.717) is 11.8 Å². The number of allylic oxidation sites excluding steroid dienone is 2. The number of rotatable bonds is 1. The number of hydrogen-bond donors (Lipinski definition) is 1. The highest BCUT2D eigenvalue weighted by molar-refractivity contribution is 5.72. The second-order valence-electron chi connectivity index (χ2n) is 3.69. The number of aliphatic carboxylic acids is 1. The van der Waals surface area contributed by atoms with E-state index < -0.39 is 5.97 Å². The van der Waals surface area contributed by atoms with Crippen molar-refractivity contribution >= 4 is 5.97 Å². The Labute approximate surface area is 65.9 Å². The molecular weight excluding hydrogens is 140 g/mol. The smallest absolute Gasteiger partial charge is 0.307 e. The number of carboxylic acid groups (broad SMARTS) is 1. The molecule has 2 nitrogen and oxygen atoms in total. The highest BCUT2D eigenvalue weighted by atomic mass is 16.4. The second kappa shape index (κ2) is 2.10. The molecule has 2 rings (SSSR count). The minimum Gasteiger partial charge on any atom is -0.481 e. The van der Waals surface area contributed by atoms with Crippen molar-refractivity contribution in [3.8, 4) is 0 Å². The Hall–Kier alpha value is -0.790. The summed E-state index contributed by atoms with van der Waals surface area (Å²) in [7, 11) is 0. The van der Waals surface area contributed by atoms with Crippen molar-refractivity contribution in [3.05, 3.63) is 11.6 Å². The lowest BCUT2D eigenvalue weighted by Crippen LogP contribution is -2.20. The average Bonchev–Trinajstić information content (AvgIpc) is 2.43. The topological polar surface area (TPSA) is 37.3 Å². The second-order valence-corrected chi connectivity index (χ2v) is 3.69. The lowest BCUT2D eigenvalue weighted by atomic mass is 9.88. The average molecular weight is 152 g/mol. The zero-order chi connectivity index (χ0) is 8.01. The van der Waals surface area contributed by atoms with Gasteiger partial charge in [-0.2, -0.15) is 0 Å². The van der Waals surface area contributed by atoms with Crippen LogP contribution in [-0.2, 0) is 4.79 Å². The first-order valence-corrected chi connectivity index (χ1v) is 4.09. The minimum atomic E-state index is -0.607. The van der Waals surface area contributed by atoms with Crippen molar-refractivity contribution in [2.75, 3.05) is 0 Å². The summed E-state index contributed by atoms with van der Waals surface area (Å²) in [4.78, 5) is 10.7. The zero-order valence-electron chi connectivity index (χ0n) is 6.58. The van der Waals surface area contributed by atoms with Gasteiger partial charge in [-0.05, 0) is 31.6 Å². The first-order chi connectivity index (χ1) is 5.18. The van der Waals surface area contributed by atoms with E-state index in [1.807, 2.05) is 0 Å². The number of carbonyl (C=O) groups is 1. The summed E-state index contributed by atoms with van der Waals surface area (Å²) in [5, 5.41) is 8.83. The van der Waals surface area contributed by atoms with Crippen molar-refractivity contribution in [2.24, 2.45) is 17.8 Å². The quantitative estimate of drug-likeness (QED) is 0.580. The first kappa shape index (κ1) is 6.89. The van der Waals surface area contributed by atoms with Crippen LogP contribution in [-0.4, -0.2) is 11.1 Å². The van der Waals surface area contributed by atoms with E-state index >= 15 is 0 Å². The van der Waals surface area contributed by atoms with Crippen LogP contribution in [0, 0.1) is 17.8 Å². The zero-order valence-corrected chi connectivity index (χ0v) is 6.58. The van der Waals surface area contributed by atoms with Gasteiger partial charge in [0, 0.05) is 0 Å². The molecule has 0 aromatic heterocycles. The summed E-state index contributed by atoms with van der Waals surface area (Å²) in [5.74, 6) is 0.244. The lowest BCUT2D eigenvalue weighted by Gasteiger charge is -2.16. The van der Waals surface area contributed by atoms with Crippen LogP contribution in [0.2, 0.25) is 0 Å². The van der Waals surface area contributed by atoms with Crippen molar-refractivity contribution in [3.63, 3.8) is 0 Å². The molecule has 0 heterocycles. The molecule has 0 unspecified atom stereocenters. The van der Waals surface area contributed by atoms with Gasteiger partial charge in [0.1, 0.15) is 0 Å². The Morgan fingerprint density at radius 1 is 1.64 bits per heavy atom. The Morgan fingerprint density at radius 2 is 2.36 bits per heavy atom. The Bertz CT molecular complexity index is 230. The number of fused-ring (bicyclic) bond motifs is 2. The summed E-state index contributed by atoms with van der Waals surface area (Å²) in [6.07, 6.45) is 4.20. The van der Waals surface area contributed by atoms with Gasteiger partial charge in [-0.25, -0.2) is 0 Å². The lowest BCUT2D eigenvalue weighted by molar-refractivity contribution is -0.142. The highest BCUT2D eigenvalue weighted by Gasteiger charge is 2.42. The van der Waals surface area contributed by atoms with Gasteiger partial charge in [-0.1, -0.05) is 11.6 Å². The SMILES string of the molecule is CC1=C[C@H]2C[C@H](C(=O)O)[C@@H]1C2. The van der Waals surface area contributed by atoms with E-state index in [1.165, 1.54) is 5.57 Å². The van der Waals surface area contributed by atoms with Crippen LogP contribution in [0.3, 0.4) is 0 Å². The van der Waals surface area contributed by atoms with Gasteiger partial charge in [-0.15, -0.1) is 0 Å². The maximum atomic E-state index is 10.7. The molecular formula is C9H12O2. The van der Waals surface area contributed by atoms with E-state index in [-0.39, 0.29) is 5.92 Å². The molecule has 0 radical (unpaired) electrons. The van der Waals surface area contributed by atoms with Crippen LogP contribution in [0.25, 0.3) is 0 Å². The Morgan fingerprint density at radius 3 is 2.73 bits per heavy atom. The molecule has 0 aromatic carbocycles.